The minimum atomic E-state index is -0.569. The summed E-state index contributed by atoms with van der Waals surface area (Å²) in [5.74, 6) is -0.268. The van der Waals surface area contributed by atoms with Gasteiger partial charge in [0.15, 0.2) is 0 Å². The molecule has 1 atom stereocenters. The second kappa shape index (κ2) is 3.42. The number of rotatable bonds is 0. The summed E-state index contributed by atoms with van der Waals surface area (Å²) in [7, 11) is 0. The molecule has 0 aromatic heterocycles. The maximum Gasteiger partial charge on any atom is 0.325 e. The Kier molecular flexibility index (Phi) is 3.06. The van der Waals surface area contributed by atoms with Gasteiger partial charge in [0.05, 0.1) is 0 Å². The molecule has 2 nitrogen and oxygen atoms in total. The highest BCUT2D eigenvalue weighted by Gasteiger charge is 2.38. The summed E-state index contributed by atoms with van der Waals surface area (Å²) in [5, 5.41) is 0. The summed E-state index contributed by atoms with van der Waals surface area (Å²) in [6.45, 7) is 3.66. The van der Waals surface area contributed by atoms with Gasteiger partial charge in [0.25, 0.3) is 0 Å². The van der Waals surface area contributed by atoms with Gasteiger partial charge in [0.2, 0.25) is 0 Å². The van der Waals surface area contributed by atoms with Crippen molar-refractivity contribution < 1.29 is 9.53 Å². The van der Waals surface area contributed by atoms with Crippen LogP contribution >= 0.6 is 47.8 Å². The average Bonchev–Trinajstić information content (AvgIpc) is 1.97. The van der Waals surface area contributed by atoms with E-state index in [1.807, 2.05) is 13.8 Å². The van der Waals surface area contributed by atoms with Gasteiger partial charge in [-0.1, -0.05) is 47.8 Å². The Morgan fingerprint density at radius 3 is 2.42 bits per heavy atom. The van der Waals surface area contributed by atoms with Gasteiger partial charge in [-0.2, -0.15) is 0 Å². The van der Waals surface area contributed by atoms with Crippen molar-refractivity contribution in [2.75, 3.05) is 0 Å². The van der Waals surface area contributed by atoms with Crippen molar-refractivity contribution in [3.63, 3.8) is 0 Å². The van der Waals surface area contributed by atoms with Gasteiger partial charge in [-0.3, -0.25) is 4.79 Å². The Morgan fingerprint density at radius 2 is 1.92 bits per heavy atom. The van der Waals surface area contributed by atoms with Crippen LogP contribution in [0, 0.1) is 0 Å². The highest BCUT2D eigenvalue weighted by atomic mass is 79.9. The quantitative estimate of drug-likeness (QED) is 0.489. The van der Waals surface area contributed by atoms with E-state index in [0.29, 0.717) is 0 Å². The lowest BCUT2D eigenvalue weighted by molar-refractivity contribution is -0.152. The molecule has 12 heavy (non-hydrogen) atoms. The number of alkyl halides is 1. The minimum absolute atomic E-state index is 0.268. The van der Waals surface area contributed by atoms with E-state index in [2.05, 4.69) is 47.8 Å². The zero-order chi connectivity index (χ0) is 9.52. The van der Waals surface area contributed by atoms with Gasteiger partial charge in [-0.05, 0) is 13.8 Å². The second-order valence-electron chi connectivity index (χ2n) is 2.96. The SMILES string of the molecule is CC1(C)OC(=O)C(Br)C(Br)=C1Br. The van der Waals surface area contributed by atoms with Gasteiger partial charge in [-0.25, -0.2) is 0 Å². The zero-order valence-electron chi connectivity index (χ0n) is 6.53. The van der Waals surface area contributed by atoms with Gasteiger partial charge in [0, 0.05) is 8.96 Å². The summed E-state index contributed by atoms with van der Waals surface area (Å²) in [6, 6.07) is 0. The molecular weight excluding hydrogens is 356 g/mol. The third-order valence-corrected chi connectivity index (χ3v) is 5.74. The number of halogens is 3. The first-order chi connectivity index (χ1) is 5.36. The number of carbonyl (C=O) groups is 1. The molecule has 1 aliphatic heterocycles. The van der Waals surface area contributed by atoms with Gasteiger partial charge in [-0.15, -0.1) is 0 Å². The molecule has 1 unspecified atom stereocenters. The molecule has 0 bridgehead atoms. The fourth-order valence-electron chi connectivity index (χ4n) is 0.850. The Hall–Kier alpha value is 0.650. The Morgan fingerprint density at radius 1 is 1.42 bits per heavy atom. The van der Waals surface area contributed by atoms with Crippen LogP contribution in [0.1, 0.15) is 13.8 Å². The van der Waals surface area contributed by atoms with Crippen LogP contribution in [0.3, 0.4) is 0 Å². The van der Waals surface area contributed by atoms with Crippen LogP contribution in [0.25, 0.3) is 0 Å². The molecule has 0 aromatic rings. The molecule has 0 spiro atoms. The van der Waals surface area contributed by atoms with E-state index in [0.717, 1.165) is 8.96 Å². The molecular formula is C7H7Br3O2. The minimum Gasteiger partial charge on any atom is -0.453 e. The van der Waals surface area contributed by atoms with E-state index >= 15 is 0 Å². The van der Waals surface area contributed by atoms with Crippen LogP contribution in [0.4, 0.5) is 0 Å². The fourth-order valence-corrected chi connectivity index (χ4v) is 2.45. The van der Waals surface area contributed by atoms with Gasteiger partial charge >= 0.3 is 5.97 Å². The second-order valence-corrected chi connectivity index (χ2v) is 5.52. The summed E-state index contributed by atoms with van der Waals surface area (Å²) in [5.41, 5.74) is -0.569. The normalized spacial score (nSPS) is 28.8. The summed E-state index contributed by atoms with van der Waals surface area (Å²) in [6.07, 6.45) is 0. The van der Waals surface area contributed by atoms with Crippen molar-refractivity contribution in [2.45, 2.75) is 24.3 Å². The topological polar surface area (TPSA) is 26.3 Å². The standard InChI is InChI=1S/C7H7Br3O2/c1-7(2)5(10)3(8)4(9)6(11)12-7/h4H,1-2H3. The fraction of sp³-hybridized carbons (Fsp3) is 0.571. The first-order valence-electron chi connectivity index (χ1n) is 3.29. The molecule has 1 rings (SSSR count). The Labute approximate surface area is 96.1 Å². The number of esters is 1. The van der Waals surface area contributed by atoms with Crippen molar-refractivity contribution in [1.82, 2.24) is 0 Å². The third kappa shape index (κ3) is 1.77. The number of hydrogen-bond donors (Lipinski definition) is 0. The molecule has 1 aliphatic rings. The zero-order valence-corrected chi connectivity index (χ0v) is 11.3. The smallest absolute Gasteiger partial charge is 0.325 e. The van der Waals surface area contributed by atoms with Crippen LogP contribution in [-0.2, 0) is 9.53 Å². The van der Waals surface area contributed by atoms with Crippen LogP contribution in [-0.4, -0.2) is 16.4 Å². The highest BCUT2D eigenvalue weighted by Crippen LogP contribution is 2.40. The van der Waals surface area contributed by atoms with Crippen molar-refractivity contribution >= 4 is 53.8 Å². The third-order valence-electron chi connectivity index (χ3n) is 1.52. The van der Waals surface area contributed by atoms with Crippen molar-refractivity contribution in [1.29, 1.82) is 0 Å². The molecule has 0 N–H and O–H groups in total. The Bertz CT molecular complexity index is 257. The molecule has 0 aliphatic carbocycles. The van der Waals surface area contributed by atoms with E-state index in [1.54, 1.807) is 0 Å². The predicted molar refractivity (Wildman–Crippen MR) is 57.8 cm³/mol. The number of cyclic esters (lactones) is 1. The van der Waals surface area contributed by atoms with Crippen LogP contribution in [0.15, 0.2) is 8.96 Å². The predicted octanol–water partition coefficient (Wildman–Crippen LogP) is 3.09. The maximum absolute atomic E-state index is 11.2. The van der Waals surface area contributed by atoms with E-state index in [1.165, 1.54) is 0 Å². The highest BCUT2D eigenvalue weighted by molar-refractivity contribution is 9.15. The monoisotopic (exact) mass is 360 g/mol. The average molecular weight is 363 g/mol. The number of ether oxygens (including phenoxy) is 1. The molecule has 0 saturated heterocycles. The van der Waals surface area contributed by atoms with E-state index in [9.17, 15) is 4.79 Å². The Balaban J connectivity index is 3.13. The number of carbonyl (C=O) groups excluding carboxylic acids is 1. The lowest BCUT2D eigenvalue weighted by Crippen LogP contribution is -2.38. The molecule has 5 heteroatoms. The van der Waals surface area contributed by atoms with Crippen LogP contribution in [0.2, 0.25) is 0 Å². The van der Waals surface area contributed by atoms with Gasteiger partial charge in [0.1, 0.15) is 10.4 Å². The largest absolute Gasteiger partial charge is 0.453 e. The summed E-state index contributed by atoms with van der Waals surface area (Å²) >= 11 is 9.89. The van der Waals surface area contributed by atoms with E-state index < -0.39 is 5.60 Å². The van der Waals surface area contributed by atoms with Crippen molar-refractivity contribution in [3.8, 4) is 0 Å². The summed E-state index contributed by atoms with van der Waals surface area (Å²) < 4.78 is 6.80. The molecule has 1 heterocycles. The molecule has 0 aromatic carbocycles. The lowest BCUT2D eigenvalue weighted by atomic mass is 10.1. The summed E-state index contributed by atoms with van der Waals surface area (Å²) in [4.78, 5) is 10.8. The van der Waals surface area contributed by atoms with Gasteiger partial charge < -0.3 is 4.74 Å². The molecule has 0 amide bonds. The first kappa shape index (κ1) is 10.7. The molecule has 0 saturated carbocycles. The molecule has 0 radical (unpaired) electrons. The number of hydrogen-bond acceptors (Lipinski definition) is 2. The van der Waals surface area contributed by atoms with Crippen LogP contribution < -0.4 is 0 Å². The van der Waals surface area contributed by atoms with Crippen molar-refractivity contribution in [2.24, 2.45) is 0 Å². The van der Waals surface area contributed by atoms with Crippen molar-refractivity contribution in [3.05, 3.63) is 8.96 Å². The lowest BCUT2D eigenvalue weighted by Gasteiger charge is -2.32. The molecule has 0 fully saturated rings. The van der Waals surface area contributed by atoms with Crippen LogP contribution in [0.5, 0.6) is 0 Å². The molecule has 68 valence electrons. The van der Waals surface area contributed by atoms with E-state index in [4.69, 9.17) is 4.74 Å². The maximum atomic E-state index is 11.2. The van der Waals surface area contributed by atoms with E-state index in [-0.39, 0.29) is 10.8 Å². The first-order valence-corrected chi connectivity index (χ1v) is 5.79.